The van der Waals surface area contributed by atoms with Crippen LogP contribution in [0.3, 0.4) is 0 Å². The van der Waals surface area contributed by atoms with Gasteiger partial charge in [0.2, 0.25) is 5.82 Å². The van der Waals surface area contributed by atoms with Gasteiger partial charge in [-0.1, -0.05) is 0 Å². The molecule has 1 fully saturated rings. The quantitative estimate of drug-likeness (QED) is 0.603. The van der Waals surface area contributed by atoms with Crippen molar-refractivity contribution in [1.82, 2.24) is 25.8 Å². The zero-order valence-corrected chi connectivity index (χ0v) is 9.12. The monoisotopic (exact) mass is 225 g/mol. The number of carbonyl (C=O) groups is 1. The second kappa shape index (κ2) is 5.04. The Balaban J connectivity index is 1.79. The number of aryl methyl sites for hydroxylation is 1. The molecule has 1 atom stereocenters. The third-order valence-corrected chi connectivity index (χ3v) is 2.31. The molecule has 0 aromatic carbocycles. The number of nitrogens with one attached hydrogen (secondary N) is 3. The van der Waals surface area contributed by atoms with Crippen LogP contribution in [0.5, 0.6) is 0 Å². The maximum atomic E-state index is 11.6. The molecule has 1 saturated heterocycles. The van der Waals surface area contributed by atoms with E-state index in [2.05, 4.69) is 25.8 Å². The largest absolute Gasteiger partial charge is 0.378 e. The van der Waals surface area contributed by atoms with Gasteiger partial charge in [0.15, 0.2) is 0 Å². The summed E-state index contributed by atoms with van der Waals surface area (Å²) in [5.41, 5.74) is 0. The van der Waals surface area contributed by atoms with Gasteiger partial charge in [0.25, 0.3) is 5.91 Å². The number of aromatic amines is 1. The van der Waals surface area contributed by atoms with E-state index in [0.717, 1.165) is 13.2 Å². The van der Waals surface area contributed by atoms with Crippen molar-refractivity contribution in [2.24, 2.45) is 0 Å². The minimum atomic E-state index is -0.267. The number of aromatic nitrogens is 3. The first-order chi connectivity index (χ1) is 7.75. The number of amides is 1. The van der Waals surface area contributed by atoms with E-state index in [1.807, 2.05) is 0 Å². The lowest BCUT2D eigenvalue weighted by Gasteiger charge is -2.23. The maximum absolute atomic E-state index is 11.6. The van der Waals surface area contributed by atoms with E-state index in [4.69, 9.17) is 4.74 Å². The molecule has 1 aliphatic heterocycles. The van der Waals surface area contributed by atoms with Crippen molar-refractivity contribution in [2.45, 2.75) is 13.0 Å². The number of hydrogen-bond acceptors (Lipinski definition) is 5. The second-order valence-corrected chi connectivity index (χ2v) is 3.68. The lowest BCUT2D eigenvalue weighted by Crippen LogP contribution is -2.48. The summed E-state index contributed by atoms with van der Waals surface area (Å²) in [6.07, 6.45) is 0. The molecule has 7 heteroatoms. The summed E-state index contributed by atoms with van der Waals surface area (Å²) in [5.74, 6) is 0.537. The molecule has 1 aliphatic rings. The molecule has 0 aliphatic carbocycles. The van der Waals surface area contributed by atoms with Crippen LogP contribution >= 0.6 is 0 Å². The fourth-order valence-electron chi connectivity index (χ4n) is 1.49. The Morgan fingerprint density at radius 3 is 3.19 bits per heavy atom. The average molecular weight is 225 g/mol. The van der Waals surface area contributed by atoms with E-state index < -0.39 is 0 Å². The second-order valence-electron chi connectivity index (χ2n) is 3.68. The van der Waals surface area contributed by atoms with Crippen molar-refractivity contribution in [3.05, 3.63) is 11.6 Å². The van der Waals surface area contributed by atoms with Gasteiger partial charge in [0.05, 0.1) is 13.2 Å². The molecule has 1 aromatic rings. The third-order valence-electron chi connectivity index (χ3n) is 2.31. The first-order valence-corrected chi connectivity index (χ1v) is 5.24. The molecule has 0 bridgehead atoms. The Bertz CT molecular complexity index is 359. The summed E-state index contributed by atoms with van der Waals surface area (Å²) in [6.45, 7) is 4.44. The van der Waals surface area contributed by atoms with E-state index in [-0.39, 0.29) is 17.8 Å². The molecule has 3 N–H and O–H groups in total. The number of ether oxygens (including phenoxy) is 1. The molecule has 2 rings (SSSR count). The van der Waals surface area contributed by atoms with Gasteiger partial charge in [-0.05, 0) is 6.92 Å². The van der Waals surface area contributed by atoms with Crippen molar-refractivity contribution in [1.29, 1.82) is 0 Å². The van der Waals surface area contributed by atoms with Crippen LogP contribution < -0.4 is 10.6 Å². The van der Waals surface area contributed by atoms with Crippen molar-refractivity contribution in [2.75, 3.05) is 26.3 Å². The van der Waals surface area contributed by atoms with Crippen LogP contribution in [0.25, 0.3) is 0 Å². The van der Waals surface area contributed by atoms with Gasteiger partial charge in [-0.25, -0.2) is 4.98 Å². The topological polar surface area (TPSA) is 91.9 Å². The first kappa shape index (κ1) is 11.0. The van der Waals surface area contributed by atoms with Crippen LogP contribution in [-0.2, 0) is 4.74 Å². The highest BCUT2D eigenvalue weighted by atomic mass is 16.5. The van der Waals surface area contributed by atoms with Crippen LogP contribution in [-0.4, -0.2) is 53.4 Å². The van der Waals surface area contributed by atoms with E-state index in [1.54, 1.807) is 6.92 Å². The molecular formula is C9H15N5O2. The molecule has 2 heterocycles. The fraction of sp³-hybridized carbons (Fsp3) is 0.667. The Kier molecular flexibility index (Phi) is 3.47. The van der Waals surface area contributed by atoms with Crippen LogP contribution in [0, 0.1) is 6.92 Å². The number of H-pyrrole nitrogens is 1. The summed E-state index contributed by atoms with van der Waals surface area (Å²) >= 11 is 0. The van der Waals surface area contributed by atoms with E-state index in [0.29, 0.717) is 19.0 Å². The zero-order valence-electron chi connectivity index (χ0n) is 9.12. The molecular weight excluding hydrogens is 210 g/mol. The van der Waals surface area contributed by atoms with Gasteiger partial charge in [-0.15, -0.1) is 5.10 Å². The lowest BCUT2D eigenvalue weighted by atomic mass is 10.3. The lowest BCUT2D eigenvalue weighted by molar-refractivity contribution is 0.0732. The molecule has 0 saturated carbocycles. The Hall–Kier alpha value is -1.47. The summed E-state index contributed by atoms with van der Waals surface area (Å²) in [5, 5.41) is 12.4. The fourth-order valence-corrected chi connectivity index (χ4v) is 1.49. The van der Waals surface area contributed by atoms with E-state index in [1.165, 1.54) is 0 Å². The standard InChI is InChI=1S/C9H15N5O2/c1-6-12-8(14-13-6)9(15)11-4-7-5-16-3-2-10-7/h7,10H,2-5H2,1H3,(H,11,15)(H,12,13,14). The third kappa shape index (κ3) is 2.77. The predicted molar refractivity (Wildman–Crippen MR) is 56.1 cm³/mol. The highest BCUT2D eigenvalue weighted by molar-refractivity contribution is 5.90. The van der Waals surface area contributed by atoms with Crippen molar-refractivity contribution in [3.63, 3.8) is 0 Å². The number of nitrogens with zero attached hydrogens (tertiary/aromatic N) is 2. The van der Waals surface area contributed by atoms with Crippen molar-refractivity contribution < 1.29 is 9.53 Å². The molecule has 16 heavy (non-hydrogen) atoms. The minimum absolute atomic E-state index is 0.165. The SMILES string of the molecule is Cc1nc(C(=O)NCC2COCCN2)n[nH]1. The van der Waals surface area contributed by atoms with E-state index in [9.17, 15) is 4.79 Å². The van der Waals surface area contributed by atoms with Crippen molar-refractivity contribution in [3.8, 4) is 0 Å². The maximum Gasteiger partial charge on any atom is 0.291 e. The molecule has 0 radical (unpaired) electrons. The first-order valence-electron chi connectivity index (χ1n) is 5.24. The summed E-state index contributed by atoms with van der Waals surface area (Å²) in [7, 11) is 0. The highest BCUT2D eigenvalue weighted by Gasteiger charge is 2.16. The van der Waals surface area contributed by atoms with Crippen LogP contribution in [0.15, 0.2) is 0 Å². The molecule has 88 valence electrons. The zero-order chi connectivity index (χ0) is 11.4. The van der Waals surface area contributed by atoms with Crippen LogP contribution in [0.2, 0.25) is 0 Å². The number of rotatable bonds is 3. The van der Waals surface area contributed by atoms with E-state index >= 15 is 0 Å². The molecule has 0 spiro atoms. The van der Waals surface area contributed by atoms with Crippen molar-refractivity contribution >= 4 is 5.91 Å². The average Bonchev–Trinajstić information content (AvgIpc) is 2.74. The molecule has 7 nitrogen and oxygen atoms in total. The van der Waals surface area contributed by atoms with Gasteiger partial charge in [-0.3, -0.25) is 9.89 Å². The molecule has 1 aromatic heterocycles. The summed E-state index contributed by atoms with van der Waals surface area (Å²) in [4.78, 5) is 15.5. The van der Waals surface area contributed by atoms with Crippen LogP contribution in [0.1, 0.15) is 16.4 Å². The number of carbonyl (C=O) groups excluding carboxylic acids is 1. The van der Waals surface area contributed by atoms with Crippen LogP contribution in [0.4, 0.5) is 0 Å². The smallest absolute Gasteiger partial charge is 0.291 e. The van der Waals surface area contributed by atoms with Gasteiger partial charge >= 0.3 is 0 Å². The van der Waals surface area contributed by atoms with Gasteiger partial charge < -0.3 is 15.4 Å². The molecule has 1 amide bonds. The Morgan fingerprint density at radius 2 is 2.56 bits per heavy atom. The Morgan fingerprint density at radius 1 is 1.69 bits per heavy atom. The highest BCUT2D eigenvalue weighted by Crippen LogP contribution is 1.93. The molecule has 1 unspecified atom stereocenters. The summed E-state index contributed by atoms with van der Waals surface area (Å²) < 4.78 is 5.27. The van der Waals surface area contributed by atoms with Gasteiger partial charge in [0.1, 0.15) is 5.82 Å². The summed E-state index contributed by atoms with van der Waals surface area (Å²) in [6, 6.07) is 0.165. The number of hydrogen-bond donors (Lipinski definition) is 3. The number of morpholine rings is 1. The normalized spacial score (nSPS) is 20.7. The Labute approximate surface area is 93.0 Å². The van der Waals surface area contributed by atoms with Gasteiger partial charge in [-0.2, -0.15) is 0 Å². The minimum Gasteiger partial charge on any atom is -0.378 e. The van der Waals surface area contributed by atoms with Gasteiger partial charge in [0, 0.05) is 19.1 Å². The predicted octanol–water partition coefficient (Wildman–Crippen LogP) is -1.17.